The predicted octanol–water partition coefficient (Wildman–Crippen LogP) is 1.55. The normalized spacial score (nSPS) is 16.6. The molecule has 0 spiro atoms. The number of hydrogen-bond acceptors (Lipinski definition) is 4. The third-order valence-corrected chi connectivity index (χ3v) is 5.25. The number of rotatable bonds is 5. The van der Waals surface area contributed by atoms with Crippen molar-refractivity contribution >= 4 is 0 Å². The van der Waals surface area contributed by atoms with Gasteiger partial charge in [-0.05, 0) is 45.7 Å². The van der Waals surface area contributed by atoms with Gasteiger partial charge in [-0.2, -0.15) is 0 Å². The largest absolute Gasteiger partial charge is 0.338 e. The van der Waals surface area contributed by atoms with Crippen LogP contribution in [0.5, 0.6) is 0 Å². The summed E-state index contributed by atoms with van der Waals surface area (Å²) < 4.78 is 3.88. The van der Waals surface area contributed by atoms with E-state index in [1.807, 2.05) is 33.3 Å². The molecule has 0 bridgehead atoms. The molecule has 3 rings (SSSR count). The number of likely N-dealkylation sites (tertiary alicyclic amines) is 1. The molecular formula is C18H27N5O. The summed E-state index contributed by atoms with van der Waals surface area (Å²) in [6, 6.07) is 0. The van der Waals surface area contributed by atoms with E-state index in [-0.39, 0.29) is 5.56 Å². The van der Waals surface area contributed by atoms with Crippen LogP contribution in [-0.4, -0.2) is 43.6 Å². The minimum absolute atomic E-state index is 0.111. The molecule has 0 aliphatic carbocycles. The second-order valence-electron chi connectivity index (χ2n) is 6.90. The molecule has 0 N–H and O–H groups in total. The minimum atomic E-state index is 0.111. The van der Waals surface area contributed by atoms with E-state index in [0.717, 1.165) is 62.5 Å². The van der Waals surface area contributed by atoms with Crippen molar-refractivity contribution in [2.24, 2.45) is 13.0 Å². The van der Waals surface area contributed by atoms with Crippen LogP contribution in [0, 0.1) is 19.8 Å². The average Bonchev–Trinajstić information content (AvgIpc) is 3.00. The smallest absolute Gasteiger partial charge is 0.256 e. The number of aromatic nitrogens is 4. The zero-order valence-electron chi connectivity index (χ0n) is 14.9. The Balaban J connectivity index is 1.50. The van der Waals surface area contributed by atoms with Gasteiger partial charge in [-0.25, -0.2) is 9.97 Å². The van der Waals surface area contributed by atoms with Crippen molar-refractivity contribution < 1.29 is 0 Å². The molecule has 2 aromatic heterocycles. The summed E-state index contributed by atoms with van der Waals surface area (Å²) in [5, 5.41) is 0. The van der Waals surface area contributed by atoms with E-state index < -0.39 is 0 Å². The van der Waals surface area contributed by atoms with Crippen molar-refractivity contribution in [1.29, 1.82) is 0 Å². The van der Waals surface area contributed by atoms with E-state index in [9.17, 15) is 4.79 Å². The summed E-state index contributed by atoms with van der Waals surface area (Å²) in [5.41, 5.74) is 1.71. The van der Waals surface area contributed by atoms with Gasteiger partial charge < -0.3 is 9.47 Å². The van der Waals surface area contributed by atoms with E-state index in [1.54, 1.807) is 10.9 Å². The van der Waals surface area contributed by atoms with Gasteiger partial charge in [-0.15, -0.1) is 0 Å². The fourth-order valence-corrected chi connectivity index (χ4v) is 3.37. The van der Waals surface area contributed by atoms with E-state index in [2.05, 4.69) is 19.4 Å². The van der Waals surface area contributed by atoms with Crippen LogP contribution in [0.2, 0.25) is 0 Å². The number of piperidine rings is 1. The van der Waals surface area contributed by atoms with Gasteiger partial charge in [0.25, 0.3) is 5.56 Å². The molecule has 0 saturated carbocycles. The fourth-order valence-electron chi connectivity index (χ4n) is 3.37. The van der Waals surface area contributed by atoms with Crippen LogP contribution in [0.15, 0.2) is 23.5 Å². The molecule has 6 nitrogen and oxygen atoms in total. The molecule has 24 heavy (non-hydrogen) atoms. The van der Waals surface area contributed by atoms with Crippen LogP contribution < -0.4 is 5.56 Å². The molecule has 0 amide bonds. The summed E-state index contributed by atoms with van der Waals surface area (Å²) in [6.45, 7) is 7.80. The lowest BCUT2D eigenvalue weighted by molar-refractivity contribution is 0.173. The second kappa shape index (κ2) is 7.30. The minimum Gasteiger partial charge on any atom is -0.338 e. The Morgan fingerprint density at radius 2 is 1.96 bits per heavy atom. The molecule has 1 saturated heterocycles. The molecule has 0 radical (unpaired) electrons. The van der Waals surface area contributed by atoms with E-state index in [4.69, 9.17) is 0 Å². The van der Waals surface area contributed by atoms with Gasteiger partial charge in [0.1, 0.15) is 5.82 Å². The topological polar surface area (TPSA) is 56.0 Å². The maximum atomic E-state index is 12.3. The first kappa shape index (κ1) is 16.9. The van der Waals surface area contributed by atoms with Crippen LogP contribution in [-0.2, 0) is 20.0 Å². The molecule has 1 aliphatic heterocycles. The number of nitrogens with zero attached hydrogens (tertiary/aromatic N) is 5. The first-order valence-electron chi connectivity index (χ1n) is 8.76. The van der Waals surface area contributed by atoms with E-state index in [0.29, 0.717) is 5.92 Å². The fraction of sp³-hybridized carbons (Fsp3) is 0.611. The summed E-state index contributed by atoms with van der Waals surface area (Å²) in [4.78, 5) is 23.5. The van der Waals surface area contributed by atoms with Crippen molar-refractivity contribution in [3.63, 3.8) is 0 Å². The van der Waals surface area contributed by atoms with Crippen molar-refractivity contribution in [1.82, 2.24) is 24.0 Å². The van der Waals surface area contributed by atoms with Gasteiger partial charge in [0.05, 0.1) is 6.33 Å². The van der Waals surface area contributed by atoms with Crippen molar-refractivity contribution in [2.75, 3.05) is 19.6 Å². The van der Waals surface area contributed by atoms with Crippen LogP contribution in [0.4, 0.5) is 0 Å². The number of imidazole rings is 1. The maximum absolute atomic E-state index is 12.3. The molecule has 2 aromatic rings. The molecule has 0 aromatic carbocycles. The van der Waals surface area contributed by atoms with Gasteiger partial charge in [-0.1, -0.05) is 0 Å². The summed E-state index contributed by atoms with van der Waals surface area (Å²) >= 11 is 0. The Morgan fingerprint density at radius 3 is 2.62 bits per heavy atom. The molecule has 6 heteroatoms. The van der Waals surface area contributed by atoms with Gasteiger partial charge in [0.15, 0.2) is 0 Å². The number of hydrogen-bond donors (Lipinski definition) is 0. The van der Waals surface area contributed by atoms with Crippen LogP contribution >= 0.6 is 0 Å². The van der Waals surface area contributed by atoms with Gasteiger partial charge in [0, 0.05) is 50.2 Å². The first-order chi connectivity index (χ1) is 11.5. The summed E-state index contributed by atoms with van der Waals surface area (Å²) in [5.74, 6) is 1.71. The van der Waals surface area contributed by atoms with Crippen molar-refractivity contribution in [3.8, 4) is 0 Å². The molecule has 130 valence electrons. The highest BCUT2D eigenvalue weighted by Crippen LogP contribution is 2.19. The number of aryl methyl sites for hydroxylation is 2. The molecule has 3 heterocycles. The Bertz CT molecular complexity index is 740. The highest BCUT2D eigenvalue weighted by molar-refractivity contribution is 5.12. The van der Waals surface area contributed by atoms with Gasteiger partial charge in [-0.3, -0.25) is 9.36 Å². The Hall–Kier alpha value is -1.95. The maximum Gasteiger partial charge on any atom is 0.256 e. The lowest BCUT2D eigenvalue weighted by Crippen LogP contribution is -2.37. The van der Waals surface area contributed by atoms with Gasteiger partial charge in [0.2, 0.25) is 0 Å². The summed E-state index contributed by atoms with van der Waals surface area (Å²) in [7, 11) is 2.05. The van der Waals surface area contributed by atoms with Gasteiger partial charge >= 0.3 is 0 Å². The second-order valence-corrected chi connectivity index (χ2v) is 6.90. The van der Waals surface area contributed by atoms with Crippen LogP contribution in [0.1, 0.15) is 29.9 Å². The Kier molecular flexibility index (Phi) is 5.14. The Labute approximate surface area is 143 Å². The average molecular weight is 329 g/mol. The van der Waals surface area contributed by atoms with Crippen molar-refractivity contribution in [3.05, 3.63) is 46.2 Å². The highest BCUT2D eigenvalue weighted by atomic mass is 16.1. The monoisotopic (exact) mass is 329 g/mol. The Morgan fingerprint density at radius 1 is 1.21 bits per heavy atom. The van der Waals surface area contributed by atoms with Crippen LogP contribution in [0.3, 0.4) is 0 Å². The molecule has 0 unspecified atom stereocenters. The van der Waals surface area contributed by atoms with E-state index >= 15 is 0 Å². The lowest BCUT2D eigenvalue weighted by Gasteiger charge is -2.32. The molecule has 1 aliphatic rings. The quantitative estimate of drug-likeness (QED) is 0.835. The molecular weight excluding hydrogens is 302 g/mol. The first-order valence-corrected chi connectivity index (χ1v) is 8.76. The standard InChI is InChI=1S/C18H27N5O/c1-14-15(2)20-13-23(18(14)24)12-16-4-8-22(9-5-16)10-6-17-19-7-11-21(17)3/h7,11,13,16H,4-6,8-10,12H2,1-3H3. The van der Waals surface area contributed by atoms with E-state index in [1.165, 1.54) is 0 Å². The SMILES string of the molecule is Cc1ncn(CC2CCN(CCc3nccn3C)CC2)c(=O)c1C. The third kappa shape index (κ3) is 3.75. The van der Waals surface area contributed by atoms with Crippen LogP contribution in [0.25, 0.3) is 0 Å². The lowest BCUT2D eigenvalue weighted by atomic mass is 9.96. The predicted molar refractivity (Wildman–Crippen MR) is 94.0 cm³/mol. The molecule has 1 fully saturated rings. The third-order valence-electron chi connectivity index (χ3n) is 5.25. The summed E-state index contributed by atoms with van der Waals surface area (Å²) in [6.07, 6.45) is 8.83. The molecule has 0 atom stereocenters. The highest BCUT2D eigenvalue weighted by Gasteiger charge is 2.20. The zero-order valence-corrected chi connectivity index (χ0v) is 14.9. The van der Waals surface area contributed by atoms with Crippen molar-refractivity contribution in [2.45, 2.75) is 39.7 Å². The zero-order chi connectivity index (χ0) is 17.1.